The third kappa shape index (κ3) is 2.90. The van der Waals surface area contributed by atoms with Crippen molar-refractivity contribution in [1.29, 1.82) is 0 Å². The average molecular weight is 355 g/mol. The summed E-state index contributed by atoms with van der Waals surface area (Å²) in [5.41, 5.74) is 1.50. The van der Waals surface area contributed by atoms with E-state index in [2.05, 4.69) is 5.32 Å². The molecule has 4 rings (SSSR count). The molecular weight excluding hydrogens is 343 g/mol. The topological polar surface area (TPSA) is 42.2 Å². The second-order valence-electron chi connectivity index (χ2n) is 5.84. The Kier molecular flexibility index (Phi) is 3.68. The molecule has 3 aromatic rings. The zero-order valence-corrected chi connectivity index (χ0v) is 13.3. The highest BCUT2D eigenvalue weighted by molar-refractivity contribution is 6.34. The minimum Gasteiger partial charge on any atom is -0.457 e. The number of alkyl halides is 3. The standard InChI is InChI=1S/C20H12F3NO2/c21-20(22,23)13-5-3-4-12(10-13)18-9-8-14(26-18)11-16-15-6-1-2-7-17(15)24-19(16)25/h1-11H,(H,24,25)/b16-11+. The van der Waals surface area contributed by atoms with Crippen molar-refractivity contribution in [2.24, 2.45) is 0 Å². The first-order valence-corrected chi connectivity index (χ1v) is 7.82. The van der Waals surface area contributed by atoms with Crippen LogP contribution in [0.25, 0.3) is 23.0 Å². The first-order valence-electron chi connectivity index (χ1n) is 7.82. The van der Waals surface area contributed by atoms with Gasteiger partial charge in [0.05, 0.1) is 11.1 Å². The van der Waals surface area contributed by atoms with Crippen molar-refractivity contribution in [2.75, 3.05) is 5.32 Å². The zero-order valence-electron chi connectivity index (χ0n) is 13.3. The number of para-hydroxylation sites is 1. The van der Waals surface area contributed by atoms with Crippen LogP contribution in [-0.2, 0) is 11.0 Å². The molecule has 1 aliphatic rings. The van der Waals surface area contributed by atoms with Crippen LogP contribution in [0.1, 0.15) is 16.9 Å². The minimum atomic E-state index is -4.42. The summed E-state index contributed by atoms with van der Waals surface area (Å²) in [4.78, 5) is 12.1. The van der Waals surface area contributed by atoms with Crippen LogP contribution in [0.5, 0.6) is 0 Å². The van der Waals surface area contributed by atoms with Crippen molar-refractivity contribution < 1.29 is 22.4 Å². The van der Waals surface area contributed by atoms with Crippen LogP contribution in [0, 0.1) is 0 Å². The Morgan fingerprint density at radius 2 is 1.77 bits per heavy atom. The number of furan rings is 1. The van der Waals surface area contributed by atoms with Crippen molar-refractivity contribution in [3.63, 3.8) is 0 Å². The fourth-order valence-corrected chi connectivity index (χ4v) is 2.86. The van der Waals surface area contributed by atoms with E-state index in [4.69, 9.17) is 4.42 Å². The van der Waals surface area contributed by atoms with Gasteiger partial charge in [0, 0.05) is 16.8 Å². The van der Waals surface area contributed by atoms with Gasteiger partial charge in [-0.2, -0.15) is 13.2 Å². The molecule has 0 unspecified atom stereocenters. The number of hydrogen-bond donors (Lipinski definition) is 1. The van der Waals surface area contributed by atoms with E-state index in [1.807, 2.05) is 18.2 Å². The third-order valence-corrected chi connectivity index (χ3v) is 4.10. The quantitative estimate of drug-likeness (QED) is 0.621. The van der Waals surface area contributed by atoms with E-state index in [1.54, 1.807) is 30.3 Å². The lowest BCUT2D eigenvalue weighted by Crippen LogP contribution is -2.04. The van der Waals surface area contributed by atoms with E-state index in [9.17, 15) is 18.0 Å². The Hall–Kier alpha value is -3.28. The van der Waals surface area contributed by atoms with Crippen LogP contribution in [0.15, 0.2) is 65.1 Å². The molecule has 0 saturated carbocycles. The Bertz CT molecular complexity index is 1030. The molecule has 2 heterocycles. The maximum absolute atomic E-state index is 12.9. The summed E-state index contributed by atoms with van der Waals surface area (Å²) in [7, 11) is 0. The number of hydrogen-bond acceptors (Lipinski definition) is 2. The van der Waals surface area contributed by atoms with Gasteiger partial charge in [-0.15, -0.1) is 0 Å². The van der Waals surface area contributed by atoms with Crippen LogP contribution in [-0.4, -0.2) is 5.91 Å². The number of anilines is 1. The van der Waals surface area contributed by atoms with Gasteiger partial charge in [-0.3, -0.25) is 4.79 Å². The fourth-order valence-electron chi connectivity index (χ4n) is 2.86. The number of amides is 1. The number of halogens is 3. The van der Waals surface area contributed by atoms with Crippen molar-refractivity contribution in [3.05, 3.63) is 77.6 Å². The lowest BCUT2D eigenvalue weighted by molar-refractivity contribution is -0.137. The van der Waals surface area contributed by atoms with E-state index in [1.165, 1.54) is 6.07 Å². The number of benzene rings is 2. The van der Waals surface area contributed by atoms with E-state index < -0.39 is 11.7 Å². The van der Waals surface area contributed by atoms with Crippen LogP contribution < -0.4 is 5.32 Å². The summed E-state index contributed by atoms with van der Waals surface area (Å²) in [5, 5.41) is 2.76. The van der Waals surface area contributed by atoms with E-state index >= 15 is 0 Å². The molecule has 1 N–H and O–H groups in total. The second kappa shape index (κ2) is 5.91. The monoisotopic (exact) mass is 355 g/mol. The van der Waals surface area contributed by atoms with Gasteiger partial charge >= 0.3 is 6.18 Å². The van der Waals surface area contributed by atoms with Crippen LogP contribution in [0.2, 0.25) is 0 Å². The highest BCUT2D eigenvalue weighted by atomic mass is 19.4. The fraction of sp³-hybridized carbons (Fsp3) is 0.0500. The summed E-state index contributed by atoms with van der Waals surface area (Å²) in [6.45, 7) is 0. The van der Waals surface area contributed by atoms with Crippen LogP contribution >= 0.6 is 0 Å². The maximum Gasteiger partial charge on any atom is 0.416 e. The van der Waals surface area contributed by atoms with E-state index in [-0.39, 0.29) is 5.91 Å². The Balaban J connectivity index is 1.69. The normalized spacial score (nSPS) is 15.2. The number of carbonyl (C=O) groups is 1. The van der Waals surface area contributed by atoms with Gasteiger partial charge in [-0.1, -0.05) is 30.3 Å². The van der Waals surface area contributed by atoms with E-state index in [0.717, 1.165) is 17.7 Å². The summed E-state index contributed by atoms with van der Waals surface area (Å²) < 4.78 is 44.2. The van der Waals surface area contributed by atoms with Gasteiger partial charge in [0.15, 0.2) is 0 Å². The van der Waals surface area contributed by atoms with Crippen LogP contribution in [0.4, 0.5) is 18.9 Å². The molecule has 0 aliphatic carbocycles. The molecule has 0 bridgehead atoms. The molecule has 1 aromatic heterocycles. The first-order chi connectivity index (χ1) is 12.4. The Morgan fingerprint density at radius 3 is 2.58 bits per heavy atom. The van der Waals surface area contributed by atoms with Gasteiger partial charge in [0.2, 0.25) is 0 Å². The highest BCUT2D eigenvalue weighted by Crippen LogP contribution is 2.35. The molecule has 26 heavy (non-hydrogen) atoms. The number of rotatable bonds is 2. The van der Waals surface area contributed by atoms with E-state index in [0.29, 0.717) is 28.3 Å². The maximum atomic E-state index is 12.9. The number of nitrogens with one attached hydrogen (secondary N) is 1. The highest BCUT2D eigenvalue weighted by Gasteiger charge is 2.30. The molecule has 2 aromatic carbocycles. The predicted octanol–water partition coefficient (Wildman–Crippen LogP) is 5.46. The molecule has 130 valence electrons. The number of fused-ring (bicyclic) bond motifs is 1. The van der Waals surface area contributed by atoms with Crippen LogP contribution in [0.3, 0.4) is 0 Å². The minimum absolute atomic E-state index is 0.247. The third-order valence-electron chi connectivity index (χ3n) is 4.10. The molecule has 1 aliphatic heterocycles. The molecule has 3 nitrogen and oxygen atoms in total. The van der Waals surface area contributed by atoms with Gasteiger partial charge in [0.25, 0.3) is 5.91 Å². The lowest BCUT2D eigenvalue weighted by atomic mass is 10.1. The summed E-state index contributed by atoms with van der Waals surface area (Å²) in [6.07, 6.45) is -2.84. The summed E-state index contributed by atoms with van der Waals surface area (Å²) in [5.74, 6) is 0.442. The SMILES string of the molecule is O=C1Nc2ccccc2/C1=C\c1ccc(-c2cccc(C(F)(F)F)c2)o1. The predicted molar refractivity (Wildman–Crippen MR) is 92.1 cm³/mol. The summed E-state index contributed by atoms with van der Waals surface area (Å²) >= 11 is 0. The van der Waals surface area contributed by atoms with Gasteiger partial charge in [-0.25, -0.2) is 0 Å². The van der Waals surface area contributed by atoms with Gasteiger partial charge in [0.1, 0.15) is 11.5 Å². The Morgan fingerprint density at radius 1 is 0.962 bits per heavy atom. The molecule has 0 atom stereocenters. The molecule has 6 heteroatoms. The lowest BCUT2D eigenvalue weighted by Gasteiger charge is -2.07. The van der Waals surface area contributed by atoms with Gasteiger partial charge < -0.3 is 9.73 Å². The molecule has 0 radical (unpaired) electrons. The molecule has 0 spiro atoms. The average Bonchev–Trinajstić information content (AvgIpc) is 3.20. The van der Waals surface area contributed by atoms with Crippen molar-refractivity contribution in [2.45, 2.75) is 6.18 Å². The van der Waals surface area contributed by atoms with Crippen molar-refractivity contribution in [1.82, 2.24) is 0 Å². The molecule has 0 saturated heterocycles. The molecule has 1 amide bonds. The zero-order chi connectivity index (χ0) is 18.3. The number of carbonyl (C=O) groups excluding carboxylic acids is 1. The van der Waals surface area contributed by atoms with Gasteiger partial charge in [-0.05, 0) is 36.4 Å². The first kappa shape index (κ1) is 16.2. The van der Waals surface area contributed by atoms with Crippen molar-refractivity contribution >= 4 is 23.2 Å². The largest absolute Gasteiger partial charge is 0.457 e. The Labute approximate surface area is 146 Å². The molecule has 0 fully saturated rings. The molecular formula is C20H12F3NO2. The summed E-state index contributed by atoms with van der Waals surface area (Å²) in [6, 6.07) is 15.4. The van der Waals surface area contributed by atoms with Crippen molar-refractivity contribution in [3.8, 4) is 11.3 Å². The smallest absolute Gasteiger partial charge is 0.416 e. The second-order valence-corrected chi connectivity index (χ2v) is 5.84.